The highest BCUT2D eigenvalue weighted by molar-refractivity contribution is 5.97. The number of nitrogens with zero attached hydrogens (tertiary/aromatic N) is 1. The molecule has 130 valence electrons. The van der Waals surface area contributed by atoms with Crippen molar-refractivity contribution in [2.45, 2.75) is 13.2 Å². The van der Waals surface area contributed by atoms with Crippen LogP contribution in [0.25, 0.3) is 22.2 Å². The Labute approximate surface area is 150 Å². The van der Waals surface area contributed by atoms with Crippen molar-refractivity contribution in [2.24, 2.45) is 0 Å². The number of furan rings is 1. The predicted octanol–water partition coefficient (Wildman–Crippen LogP) is 4.17. The summed E-state index contributed by atoms with van der Waals surface area (Å²) in [6, 6.07) is 18.0. The Kier molecular flexibility index (Phi) is 3.47. The van der Waals surface area contributed by atoms with E-state index >= 15 is 0 Å². The smallest absolute Gasteiger partial charge is 0.231 e. The lowest BCUT2D eigenvalue weighted by atomic mass is 10.1. The van der Waals surface area contributed by atoms with Gasteiger partial charge in [0.05, 0.1) is 5.52 Å². The van der Waals surface area contributed by atoms with Gasteiger partial charge in [-0.3, -0.25) is 0 Å². The molecule has 5 nitrogen and oxygen atoms in total. The van der Waals surface area contributed by atoms with Crippen molar-refractivity contribution in [3.8, 4) is 22.8 Å². The number of aliphatic hydroxyl groups is 1. The molecule has 0 saturated carbocycles. The van der Waals surface area contributed by atoms with Crippen LogP contribution in [-0.2, 0) is 13.2 Å². The molecule has 26 heavy (non-hydrogen) atoms. The number of fused-ring (bicyclic) bond motifs is 2. The molecule has 0 bridgehead atoms. The van der Waals surface area contributed by atoms with Crippen LogP contribution < -0.4 is 9.47 Å². The van der Waals surface area contributed by atoms with E-state index in [4.69, 9.17) is 13.9 Å². The van der Waals surface area contributed by atoms with E-state index in [0.717, 1.165) is 40.3 Å². The van der Waals surface area contributed by atoms with Crippen LogP contribution in [0.3, 0.4) is 0 Å². The molecule has 0 aliphatic carbocycles. The zero-order valence-corrected chi connectivity index (χ0v) is 14.0. The Morgan fingerprint density at radius 1 is 0.962 bits per heavy atom. The van der Waals surface area contributed by atoms with E-state index in [1.807, 2.05) is 36.4 Å². The maximum Gasteiger partial charge on any atom is 0.231 e. The highest BCUT2D eigenvalue weighted by Gasteiger charge is 2.20. The predicted molar refractivity (Wildman–Crippen MR) is 97.2 cm³/mol. The van der Waals surface area contributed by atoms with Gasteiger partial charge in [0.15, 0.2) is 11.5 Å². The Balaban J connectivity index is 1.69. The second-order valence-corrected chi connectivity index (χ2v) is 6.30. The molecule has 0 spiro atoms. The van der Waals surface area contributed by atoms with Crippen molar-refractivity contribution in [3.05, 3.63) is 72.1 Å². The molecule has 0 amide bonds. The van der Waals surface area contributed by atoms with Gasteiger partial charge in [0.2, 0.25) is 6.79 Å². The van der Waals surface area contributed by atoms with Crippen LogP contribution in [0.2, 0.25) is 0 Å². The minimum Gasteiger partial charge on any atom is -0.459 e. The van der Waals surface area contributed by atoms with Crippen LogP contribution in [0.4, 0.5) is 0 Å². The Morgan fingerprint density at radius 3 is 2.54 bits per heavy atom. The summed E-state index contributed by atoms with van der Waals surface area (Å²) in [7, 11) is 0. The third-order valence-electron chi connectivity index (χ3n) is 4.65. The van der Waals surface area contributed by atoms with Gasteiger partial charge in [-0.15, -0.1) is 0 Å². The topological polar surface area (TPSA) is 56.8 Å². The van der Waals surface area contributed by atoms with Gasteiger partial charge in [0.1, 0.15) is 18.1 Å². The third kappa shape index (κ3) is 2.45. The molecule has 2 aromatic carbocycles. The minimum absolute atomic E-state index is 0.116. The SMILES string of the molecule is OCc1ccc(-c2cn(Cc3ccccc3)c3cc4c(cc23)OCO4)o1. The fraction of sp³-hybridized carbons (Fsp3) is 0.143. The summed E-state index contributed by atoms with van der Waals surface area (Å²) in [5.74, 6) is 2.77. The van der Waals surface area contributed by atoms with Crippen LogP contribution in [0.1, 0.15) is 11.3 Å². The minimum atomic E-state index is -0.116. The van der Waals surface area contributed by atoms with Crippen molar-refractivity contribution >= 4 is 10.9 Å². The monoisotopic (exact) mass is 347 g/mol. The lowest BCUT2D eigenvalue weighted by Crippen LogP contribution is -1.97. The fourth-order valence-electron chi connectivity index (χ4n) is 3.39. The van der Waals surface area contributed by atoms with Crippen molar-refractivity contribution < 1.29 is 19.0 Å². The zero-order chi connectivity index (χ0) is 17.5. The summed E-state index contributed by atoms with van der Waals surface area (Å²) in [6.45, 7) is 0.866. The first-order valence-corrected chi connectivity index (χ1v) is 8.48. The molecule has 0 fully saturated rings. The van der Waals surface area contributed by atoms with E-state index < -0.39 is 0 Å². The van der Waals surface area contributed by atoms with Crippen molar-refractivity contribution in [1.29, 1.82) is 0 Å². The van der Waals surface area contributed by atoms with Gasteiger partial charge in [0.25, 0.3) is 0 Å². The van der Waals surface area contributed by atoms with Crippen molar-refractivity contribution in [2.75, 3.05) is 6.79 Å². The van der Waals surface area contributed by atoms with Crippen LogP contribution in [0, 0.1) is 0 Å². The standard InChI is InChI=1S/C21H17NO4/c23-12-15-6-7-19(26-15)17-11-22(10-14-4-2-1-3-5-14)18-9-21-20(8-16(17)18)24-13-25-21/h1-9,11,23H,10,12-13H2. The van der Waals surface area contributed by atoms with Crippen LogP contribution >= 0.6 is 0 Å². The van der Waals surface area contributed by atoms with Crippen molar-refractivity contribution in [3.63, 3.8) is 0 Å². The van der Waals surface area contributed by atoms with Gasteiger partial charge in [-0.2, -0.15) is 0 Å². The lowest BCUT2D eigenvalue weighted by Gasteiger charge is -2.06. The molecule has 0 saturated heterocycles. The van der Waals surface area contributed by atoms with Gasteiger partial charge >= 0.3 is 0 Å². The maximum atomic E-state index is 9.30. The van der Waals surface area contributed by atoms with Gasteiger partial charge in [0, 0.05) is 29.8 Å². The molecule has 1 N–H and O–H groups in total. The van der Waals surface area contributed by atoms with Crippen molar-refractivity contribution in [1.82, 2.24) is 4.57 Å². The highest BCUT2D eigenvalue weighted by atomic mass is 16.7. The first kappa shape index (κ1) is 15.1. The number of aliphatic hydroxyl groups excluding tert-OH is 1. The Hall–Kier alpha value is -3.18. The number of hydrogen-bond acceptors (Lipinski definition) is 4. The summed E-state index contributed by atoms with van der Waals surface area (Å²) >= 11 is 0. The maximum absolute atomic E-state index is 9.30. The second kappa shape index (κ2) is 5.97. The summed E-state index contributed by atoms with van der Waals surface area (Å²) < 4.78 is 19.1. The van der Waals surface area contributed by atoms with E-state index in [1.165, 1.54) is 5.56 Å². The van der Waals surface area contributed by atoms with Gasteiger partial charge in [-0.1, -0.05) is 30.3 Å². The summed E-state index contributed by atoms with van der Waals surface area (Å²) in [5, 5.41) is 10.3. The molecule has 5 heteroatoms. The Bertz CT molecular complexity index is 1080. The number of hydrogen-bond donors (Lipinski definition) is 1. The summed E-state index contributed by atoms with van der Waals surface area (Å²) in [5.41, 5.74) is 3.23. The van der Waals surface area contributed by atoms with Gasteiger partial charge < -0.3 is 23.6 Å². The average molecular weight is 347 g/mol. The van der Waals surface area contributed by atoms with Gasteiger partial charge in [-0.05, 0) is 23.8 Å². The first-order chi connectivity index (χ1) is 12.8. The van der Waals surface area contributed by atoms with E-state index in [9.17, 15) is 5.11 Å². The molecular weight excluding hydrogens is 330 g/mol. The Morgan fingerprint density at radius 2 is 1.77 bits per heavy atom. The molecular formula is C21H17NO4. The lowest BCUT2D eigenvalue weighted by molar-refractivity contribution is 0.174. The largest absolute Gasteiger partial charge is 0.459 e. The summed E-state index contributed by atoms with van der Waals surface area (Å²) in [6.07, 6.45) is 2.08. The van der Waals surface area contributed by atoms with E-state index in [2.05, 4.69) is 22.9 Å². The second-order valence-electron chi connectivity index (χ2n) is 6.30. The van der Waals surface area contributed by atoms with E-state index in [0.29, 0.717) is 5.76 Å². The molecule has 2 aromatic heterocycles. The molecule has 1 aliphatic rings. The number of ether oxygens (including phenoxy) is 2. The molecule has 1 aliphatic heterocycles. The first-order valence-electron chi connectivity index (χ1n) is 8.48. The molecule has 0 radical (unpaired) electrons. The van der Waals surface area contributed by atoms with E-state index in [1.54, 1.807) is 6.07 Å². The normalized spacial score (nSPS) is 12.8. The molecule has 0 unspecified atom stereocenters. The quantitative estimate of drug-likeness (QED) is 0.602. The van der Waals surface area contributed by atoms with Crippen LogP contribution in [-0.4, -0.2) is 16.5 Å². The number of aromatic nitrogens is 1. The van der Waals surface area contributed by atoms with Crippen LogP contribution in [0.15, 0.2) is 65.2 Å². The van der Waals surface area contributed by atoms with Gasteiger partial charge in [-0.25, -0.2) is 0 Å². The summed E-state index contributed by atoms with van der Waals surface area (Å²) in [4.78, 5) is 0. The molecule has 4 aromatic rings. The molecule has 5 rings (SSSR count). The third-order valence-corrected chi connectivity index (χ3v) is 4.65. The number of rotatable bonds is 4. The van der Waals surface area contributed by atoms with E-state index in [-0.39, 0.29) is 13.4 Å². The molecule has 0 atom stereocenters. The molecule has 3 heterocycles. The highest BCUT2D eigenvalue weighted by Crippen LogP contribution is 2.41. The zero-order valence-electron chi connectivity index (χ0n) is 14.0. The number of benzene rings is 2. The van der Waals surface area contributed by atoms with Crippen LogP contribution in [0.5, 0.6) is 11.5 Å². The fourth-order valence-corrected chi connectivity index (χ4v) is 3.39. The average Bonchev–Trinajstić information content (AvgIpc) is 3.39.